The molecule has 10 nitrogen and oxygen atoms in total. The van der Waals surface area contributed by atoms with Crippen LogP contribution in [-0.2, 0) is 22.5 Å². The Balaban J connectivity index is 0.904. The van der Waals surface area contributed by atoms with Crippen LogP contribution in [0.2, 0.25) is 0 Å². The van der Waals surface area contributed by atoms with Crippen molar-refractivity contribution in [3.8, 4) is 33.6 Å². The lowest BCUT2D eigenvalue weighted by Gasteiger charge is -2.31. The van der Waals surface area contributed by atoms with Crippen molar-refractivity contribution in [1.29, 1.82) is 0 Å². The SMILES string of the molecule is COC(=O)N[C@H]1CCc2ccn3c2C1C(=O)C[C@H](c1ncc(-c2ccc(-c4ccc5cc(-c6cnc([C@@H]7CC(F)(F)CN7)[nH]6)ccc5c4)cc2)[nH]1)C3. The summed E-state index contributed by atoms with van der Waals surface area (Å²) in [5.74, 6) is -1.87. The van der Waals surface area contributed by atoms with E-state index in [0.717, 1.165) is 67.9 Å². The van der Waals surface area contributed by atoms with Gasteiger partial charge in [0.25, 0.3) is 5.92 Å². The first-order valence-corrected chi connectivity index (χ1v) is 17.6. The summed E-state index contributed by atoms with van der Waals surface area (Å²) in [6.45, 7) is 0.293. The molecule has 9 rings (SSSR count). The van der Waals surface area contributed by atoms with Gasteiger partial charge in [-0.05, 0) is 64.1 Å². The zero-order valence-corrected chi connectivity index (χ0v) is 28.5. The van der Waals surface area contributed by atoms with Crippen LogP contribution in [0.15, 0.2) is 85.3 Å². The van der Waals surface area contributed by atoms with E-state index < -0.39 is 24.0 Å². The van der Waals surface area contributed by atoms with Gasteiger partial charge in [-0.15, -0.1) is 0 Å². The van der Waals surface area contributed by atoms with Crippen LogP contribution < -0.4 is 10.6 Å². The van der Waals surface area contributed by atoms with Crippen LogP contribution in [-0.4, -0.2) is 62.0 Å². The molecule has 3 aromatic heterocycles. The average Bonchev–Trinajstić information content (AvgIpc) is 3.97. The molecule has 4 N–H and O–H groups in total. The van der Waals surface area contributed by atoms with Crippen LogP contribution in [0.3, 0.4) is 0 Å². The van der Waals surface area contributed by atoms with E-state index in [0.29, 0.717) is 25.2 Å². The Morgan fingerprint density at radius 1 is 0.904 bits per heavy atom. The lowest BCUT2D eigenvalue weighted by atomic mass is 9.79. The van der Waals surface area contributed by atoms with Crippen molar-refractivity contribution in [2.75, 3.05) is 13.7 Å². The van der Waals surface area contributed by atoms with Crippen LogP contribution >= 0.6 is 0 Å². The molecule has 52 heavy (non-hydrogen) atoms. The number of carbonyl (C=O) groups is 2. The van der Waals surface area contributed by atoms with Crippen LogP contribution in [0.1, 0.15) is 60.0 Å². The summed E-state index contributed by atoms with van der Waals surface area (Å²) in [6.07, 6.45) is 6.61. The Kier molecular flexibility index (Phi) is 7.80. The number of nitrogens with one attached hydrogen (secondary N) is 4. The molecule has 12 heteroatoms. The number of carbonyl (C=O) groups excluding carboxylic acids is 2. The highest BCUT2D eigenvalue weighted by Gasteiger charge is 2.42. The highest BCUT2D eigenvalue weighted by atomic mass is 19.3. The number of methoxy groups -OCH3 is 1. The van der Waals surface area contributed by atoms with Gasteiger partial charge < -0.3 is 29.9 Å². The van der Waals surface area contributed by atoms with Crippen molar-refractivity contribution < 1.29 is 23.1 Å². The summed E-state index contributed by atoms with van der Waals surface area (Å²) < 4.78 is 34.4. The minimum absolute atomic E-state index is 0.0979. The van der Waals surface area contributed by atoms with Crippen molar-refractivity contribution in [2.45, 2.75) is 62.1 Å². The molecular weight excluding hydrogens is 664 g/mol. The summed E-state index contributed by atoms with van der Waals surface area (Å²) in [6, 6.07) is 22.1. The number of ketones is 1. The molecule has 1 unspecified atom stereocenters. The predicted molar refractivity (Wildman–Crippen MR) is 192 cm³/mol. The number of fused-ring (bicyclic) bond motifs is 1. The lowest BCUT2D eigenvalue weighted by molar-refractivity contribution is -0.121. The van der Waals surface area contributed by atoms with Gasteiger partial charge in [-0.1, -0.05) is 48.5 Å². The van der Waals surface area contributed by atoms with Crippen molar-refractivity contribution in [3.63, 3.8) is 0 Å². The molecule has 3 aromatic carbocycles. The van der Waals surface area contributed by atoms with Gasteiger partial charge in [-0.3, -0.25) is 4.79 Å². The van der Waals surface area contributed by atoms with Crippen LogP contribution in [0, 0.1) is 0 Å². The molecule has 4 atom stereocenters. The Morgan fingerprint density at radius 2 is 1.58 bits per heavy atom. The van der Waals surface area contributed by atoms with E-state index in [-0.39, 0.29) is 30.7 Å². The molecule has 0 spiro atoms. The third kappa shape index (κ3) is 5.86. The number of hydrogen-bond acceptors (Lipinski definition) is 6. The molecule has 1 fully saturated rings. The number of hydrogen-bond donors (Lipinski definition) is 4. The number of rotatable bonds is 6. The Hall–Kier alpha value is -5.62. The number of imidazole rings is 2. The average molecular weight is 702 g/mol. The number of aromatic amines is 2. The lowest BCUT2D eigenvalue weighted by Crippen LogP contribution is -2.44. The van der Waals surface area contributed by atoms with E-state index in [1.165, 1.54) is 7.11 Å². The molecule has 1 amide bonds. The third-order valence-corrected chi connectivity index (χ3v) is 10.9. The number of halogens is 2. The molecule has 0 saturated carbocycles. The number of H-pyrrole nitrogens is 2. The fraction of sp³-hybridized carbons (Fsp3) is 0.300. The topological polar surface area (TPSA) is 130 Å². The Morgan fingerprint density at radius 3 is 2.33 bits per heavy atom. The van der Waals surface area contributed by atoms with Gasteiger partial charge in [0, 0.05) is 48.8 Å². The van der Waals surface area contributed by atoms with Crippen LogP contribution in [0.25, 0.3) is 44.4 Å². The Labute approximate surface area is 298 Å². The van der Waals surface area contributed by atoms with Gasteiger partial charge in [0.15, 0.2) is 0 Å². The predicted octanol–water partition coefficient (Wildman–Crippen LogP) is 7.27. The summed E-state index contributed by atoms with van der Waals surface area (Å²) in [5, 5.41) is 7.90. The quantitative estimate of drug-likeness (QED) is 0.145. The first kappa shape index (κ1) is 32.3. The van der Waals surface area contributed by atoms with Gasteiger partial charge >= 0.3 is 6.09 Å². The van der Waals surface area contributed by atoms with E-state index in [1.54, 1.807) is 6.20 Å². The van der Waals surface area contributed by atoms with E-state index in [4.69, 9.17) is 9.72 Å². The number of alkyl carbamates (subject to hydrolysis) is 1. The fourth-order valence-corrected chi connectivity index (χ4v) is 8.24. The van der Waals surface area contributed by atoms with Gasteiger partial charge in [-0.2, -0.15) is 0 Å². The number of alkyl halides is 2. The summed E-state index contributed by atoms with van der Waals surface area (Å²) in [4.78, 5) is 41.7. The van der Waals surface area contributed by atoms with Gasteiger partial charge in [0.1, 0.15) is 17.4 Å². The van der Waals surface area contributed by atoms with Crippen molar-refractivity contribution in [2.24, 2.45) is 0 Å². The minimum Gasteiger partial charge on any atom is -0.453 e. The number of ether oxygens (including phenoxy) is 1. The maximum absolute atomic E-state index is 13.8. The monoisotopic (exact) mass is 701 g/mol. The molecule has 5 heterocycles. The van der Waals surface area contributed by atoms with Crippen molar-refractivity contribution in [3.05, 3.63) is 108 Å². The second-order valence-electron chi connectivity index (χ2n) is 14.2. The molecular formula is C40H37F2N7O3. The molecule has 0 radical (unpaired) electrons. The highest BCUT2D eigenvalue weighted by Crippen LogP contribution is 2.40. The first-order chi connectivity index (χ1) is 25.2. The molecule has 264 valence electrons. The van der Waals surface area contributed by atoms with Gasteiger partial charge in [-0.25, -0.2) is 23.5 Å². The second-order valence-corrected chi connectivity index (χ2v) is 14.2. The van der Waals surface area contributed by atoms with E-state index in [9.17, 15) is 18.4 Å². The Bertz CT molecular complexity index is 2320. The largest absolute Gasteiger partial charge is 0.453 e. The maximum Gasteiger partial charge on any atom is 0.407 e. The van der Waals surface area contributed by atoms with Gasteiger partial charge in [0.05, 0.1) is 49.4 Å². The molecule has 1 aliphatic carbocycles. The highest BCUT2D eigenvalue weighted by molar-refractivity contribution is 5.91. The van der Waals surface area contributed by atoms with Crippen molar-refractivity contribution in [1.82, 2.24) is 35.1 Å². The fourth-order valence-electron chi connectivity index (χ4n) is 8.24. The molecule has 2 aliphatic heterocycles. The number of Topliss-reactive ketones (excluding diaryl/α,β-unsaturated/α-hetero) is 1. The van der Waals surface area contributed by atoms with E-state index in [2.05, 4.69) is 97.0 Å². The zero-order chi connectivity index (χ0) is 35.6. The van der Waals surface area contributed by atoms with E-state index in [1.807, 2.05) is 12.3 Å². The summed E-state index contributed by atoms with van der Waals surface area (Å²) in [5.41, 5.74) is 7.92. The van der Waals surface area contributed by atoms with E-state index >= 15 is 0 Å². The van der Waals surface area contributed by atoms with Crippen LogP contribution in [0.5, 0.6) is 0 Å². The number of nitrogens with zero attached hydrogens (tertiary/aromatic N) is 3. The molecule has 6 aromatic rings. The smallest absolute Gasteiger partial charge is 0.407 e. The number of amides is 1. The van der Waals surface area contributed by atoms with Gasteiger partial charge in [0.2, 0.25) is 0 Å². The number of aryl methyl sites for hydroxylation is 1. The standard InChI is InChI=1S/C40H37F2N7O3/c1-52-39(51)48-30-11-10-24-12-13-49-20-29(16-34(50)35(30)36(24)49)37-43-18-32(46-37)23-4-2-22(3-5-23)25-6-7-27-15-28(9-8-26(27)14-25)33-19-44-38(47-33)31-17-40(41,42)21-45-31/h2-9,12-15,18-19,29-31,35,45H,10-11,16-17,20-21H2,1H3,(H,43,46)(H,44,47)(H,48,51)/t29-,30-,31-,35?/m0/s1. The minimum atomic E-state index is -2.72. The first-order valence-electron chi connectivity index (χ1n) is 17.6. The summed E-state index contributed by atoms with van der Waals surface area (Å²) >= 11 is 0. The van der Waals surface area contributed by atoms with Crippen molar-refractivity contribution >= 4 is 22.6 Å². The third-order valence-electron chi connectivity index (χ3n) is 10.9. The molecule has 0 bridgehead atoms. The zero-order valence-electron chi connectivity index (χ0n) is 28.5. The molecule has 3 aliphatic rings. The van der Waals surface area contributed by atoms with Crippen LogP contribution in [0.4, 0.5) is 13.6 Å². The molecule has 1 saturated heterocycles. The number of aromatic nitrogens is 5. The summed E-state index contributed by atoms with van der Waals surface area (Å²) in [7, 11) is 1.34. The maximum atomic E-state index is 13.8. The second kappa shape index (κ2) is 12.6. The number of benzene rings is 3. The normalized spacial score (nSPS) is 22.2.